The molecule has 222 valence electrons. The quantitative estimate of drug-likeness (QED) is 0.173. The fourth-order valence-corrected chi connectivity index (χ4v) is 3.92. The topological polar surface area (TPSA) is 170 Å². The van der Waals surface area contributed by atoms with E-state index in [0.29, 0.717) is 24.6 Å². The summed E-state index contributed by atoms with van der Waals surface area (Å²) in [7, 11) is 0. The second-order valence-corrected chi connectivity index (χ2v) is 9.79. The predicted molar refractivity (Wildman–Crippen MR) is 165 cm³/mol. The van der Waals surface area contributed by atoms with E-state index >= 15 is 0 Å². The van der Waals surface area contributed by atoms with Gasteiger partial charge in [-0.25, -0.2) is 0 Å². The van der Waals surface area contributed by atoms with Crippen molar-refractivity contribution in [3.63, 3.8) is 0 Å². The van der Waals surface area contributed by atoms with Gasteiger partial charge in [0.05, 0.1) is 6.42 Å². The number of hydrogen-bond acceptors (Lipinski definition) is 6. The highest BCUT2D eigenvalue weighted by molar-refractivity contribution is 5.77. The lowest BCUT2D eigenvalue weighted by Crippen LogP contribution is -2.29. The summed E-state index contributed by atoms with van der Waals surface area (Å²) in [5.74, 6) is -1.72. The Morgan fingerprint density at radius 1 is 0.805 bits per heavy atom. The van der Waals surface area contributed by atoms with E-state index in [9.17, 15) is 14.4 Å². The van der Waals surface area contributed by atoms with Crippen molar-refractivity contribution >= 4 is 18.2 Å². The van der Waals surface area contributed by atoms with Gasteiger partial charge in [-0.15, -0.1) is 0 Å². The minimum atomic E-state index is -0.933. The van der Waals surface area contributed by atoms with Crippen LogP contribution in [0.4, 0.5) is 0 Å². The molecular formula is C33H45N3O5. The summed E-state index contributed by atoms with van der Waals surface area (Å²) in [6.45, 7) is 0.604. The highest BCUT2D eigenvalue weighted by Gasteiger charge is 2.09. The molecule has 0 amide bonds. The van der Waals surface area contributed by atoms with Gasteiger partial charge in [-0.1, -0.05) is 111 Å². The highest BCUT2D eigenvalue weighted by Crippen LogP contribution is 2.18. The monoisotopic (exact) mass is 563 g/mol. The summed E-state index contributed by atoms with van der Waals surface area (Å²) in [4.78, 5) is 30.8. The summed E-state index contributed by atoms with van der Waals surface area (Å²) in [5, 5.41) is 16.7. The van der Waals surface area contributed by atoms with Crippen molar-refractivity contribution in [1.82, 2.24) is 0 Å². The Hall–Kier alpha value is -3.85. The number of unbranched alkanes of at least 4 members (excludes halogenated alkanes) is 1. The molecule has 1 unspecified atom stereocenters. The van der Waals surface area contributed by atoms with Gasteiger partial charge in [0.15, 0.2) is 0 Å². The molecule has 1 atom stereocenters. The molecule has 8 nitrogen and oxygen atoms in total. The van der Waals surface area contributed by atoms with Crippen LogP contribution in [0.5, 0.6) is 0 Å². The molecule has 1 saturated carbocycles. The Labute approximate surface area is 243 Å². The van der Waals surface area contributed by atoms with Gasteiger partial charge in [-0.2, -0.15) is 0 Å². The van der Waals surface area contributed by atoms with E-state index in [0.717, 1.165) is 30.3 Å². The number of carboxylic acid groups (broad SMARTS) is 2. The number of carboxylic acids is 2. The van der Waals surface area contributed by atoms with Crippen LogP contribution in [-0.4, -0.2) is 47.1 Å². The third-order valence-electron chi connectivity index (χ3n) is 6.29. The van der Waals surface area contributed by atoms with Crippen molar-refractivity contribution in [2.24, 2.45) is 17.2 Å². The number of benzene rings is 3. The Morgan fingerprint density at radius 3 is 1.78 bits per heavy atom. The summed E-state index contributed by atoms with van der Waals surface area (Å²) in [6.07, 6.45) is 9.79. The number of carbonyl (C=O) groups is 3. The fraction of sp³-hybridized carbons (Fsp3) is 0.364. The predicted octanol–water partition coefficient (Wildman–Crippen LogP) is 5.28. The Bertz CT molecular complexity index is 1100. The van der Waals surface area contributed by atoms with Crippen molar-refractivity contribution in [1.29, 1.82) is 0 Å². The number of rotatable bonds is 9. The third kappa shape index (κ3) is 17.5. The lowest BCUT2D eigenvalue weighted by atomic mass is 9.97. The van der Waals surface area contributed by atoms with Crippen LogP contribution in [0.25, 0.3) is 11.1 Å². The number of carbonyl (C=O) groups excluding carboxylic acids is 1. The van der Waals surface area contributed by atoms with Gasteiger partial charge in [0.25, 0.3) is 0 Å². The van der Waals surface area contributed by atoms with Gasteiger partial charge in [0.2, 0.25) is 0 Å². The molecule has 41 heavy (non-hydrogen) atoms. The van der Waals surface area contributed by atoms with E-state index in [1.807, 2.05) is 60.7 Å². The molecule has 0 aliphatic heterocycles. The van der Waals surface area contributed by atoms with Crippen LogP contribution < -0.4 is 17.2 Å². The van der Waals surface area contributed by atoms with Gasteiger partial charge < -0.3 is 27.4 Å². The molecule has 0 heterocycles. The van der Waals surface area contributed by atoms with Crippen LogP contribution in [0, 0.1) is 0 Å². The van der Waals surface area contributed by atoms with E-state index in [-0.39, 0.29) is 6.42 Å². The highest BCUT2D eigenvalue weighted by atomic mass is 16.4. The minimum absolute atomic E-state index is 0.112. The summed E-state index contributed by atoms with van der Waals surface area (Å²) in [6, 6.07) is 26.6. The number of aldehydes is 1. The minimum Gasteiger partial charge on any atom is -0.481 e. The van der Waals surface area contributed by atoms with Gasteiger partial charge in [0.1, 0.15) is 12.3 Å². The standard InChI is InChI=1S/C13H10O.C8H8O2.C6H14N2O2.C6H13N/c14-10-11-6-8-13(9-7-11)12-4-2-1-3-5-12;9-8(10)6-7-4-2-1-3-5-7;7-4-2-1-3-5(8)6(9)10;7-6-4-2-1-3-5-6/h1-10H;1-5H,6H2,(H,9,10);5H,1-4,7-8H2,(H,9,10);6H,1-5,7H2. The molecule has 1 aliphatic rings. The molecule has 8 heteroatoms. The lowest BCUT2D eigenvalue weighted by Gasteiger charge is -2.15. The zero-order valence-electron chi connectivity index (χ0n) is 23.7. The number of nitrogens with two attached hydrogens (primary N) is 3. The molecule has 3 aromatic carbocycles. The Balaban J connectivity index is 0.000000282. The maximum Gasteiger partial charge on any atom is 0.320 e. The van der Waals surface area contributed by atoms with Crippen LogP contribution in [-0.2, 0) is 16.0 Å². The third-order valence-corrected chi connectivity index (χ3v) is 6.29. The molecule has 8 N–H and O–H groups in total. The average Bonchev–Trinajstić information content (AvgIpc) is 2.99. The zero-order chi connectivity index (χ0) is 30.3. The summed E-state index contributed by atoms with van der Waals surface area (Å²) < 4.78 is 0. The smallest absolute Gasteiger partial charge is 0.320 e. The Morgan fingerprint density at radius 2 is 1.34 bits per heavy atom. The van der Waals surface area contributed by atoms with Gasteiger partial charge in [0, 0.05) is 11.6 Å². The van der Waals surface area contributed by atoms with Crippen LogP contribution in [0.2, 0.25) is 0 Å². The first kappa shape index (κ1) is 35.2. The van der Waals surface area contributed by atoms with E-state index < -0.39 is 18.0 Å². The van der Waals surface area contributed by atoms with Gasteiger partial charge in [-0.05, 0) is 48.9 Å². The fourth-order valence-electron chi connectivity index (χ4n) is 3.92. The largest absolute Gasteiger partial charge is 0.481 e. The van der Waals surface area contributed by atoms with Crippen LogP contribution in [0.3, 0.4) is 0 Å². The van der Waals surface area contributed by atoms with E-state index in [2.05, 4.69) is 12.1 Å². The van der Waals surface area contributed by atoms with Gasteiger partial charge >= 0.3 is 11.9 Å². The van der Waals surface area contributed by atoms with Gasteiger partial charge in [-0.3, -0.25) is 14.4 Å². The first-order valence-electron chi connectivity index (χ1n) is 14.1. The summed E-state index contributed by atoms with van der Waals surface area (Å²) in [5.41, 5.74) is 19.9. The summed E-state index contributed by atoms with van der Waals surface area (Å²) >= 11 is 0. The SMILES string of the molecule is NC1CCCCC1.NCCCCC(N)C(=O)O.O=C(O)Cc1ccccc1.O=Cc1ccc(-c2ccccc2)cc1. The van der Waals surface area contributed by atoms with Crippen LogP contribution in [0.1, 0.15) is 67.3 Å². The molecule has 1 fully saturated rings. The molecule has 3 aromatic rings. The number of aliphatic carboxylic acids is 2. The molecule has 4 rings (SSSR count). The maximum atomic E-state index is 10.5. The van der Waals surface area contributed by atoms with Crippen LogP contribution >= 0.6 is 0 Å². The maximum absolute atomic E-state index is 10.5. The molecule has 0 spiro atoms. The van der Waals surface area contributed by atoms with E-state index in [1.165, 1.54) is 37.7 Å². The average molecular weight is 564 g/mol. The van der Waals surface area contributed by atoms with E-state index in [4.69, 9.17) is 27.4 Å². The second-order valence-electron chi connectivity index (χ2n) is 9.79. The molecule has 1 aliphatic carbocycles. The Kier molecular flexibility index (Phi) is 18.8. The lowest BCUT2D eigenvalue weighted by molar-refractivity contribution is -0.139. The molecule has 0 saturated heterocycles. The molecule has 0 bridgehead atoms. The normalized spacial score (nSPS) is 13.0. The second kappa shape index (κ2) is 21.9. The van der Waals surface area contributed by atoms with E-state index in [1.54, 1.807) is 12.1 Å². The van der Waals surface area contributed by atoms with Crippen molar-refractivity contribution in [2.45, 2.75) is 69.9 Å². The molecule has 0 radical (unpaired) electrons. The van der Waals surface area contributed by atoms with Crippen molar-refractivity contribution in [3.8, 4) is 11.1 Å². The first-order valence-corrected chi connectivity index (χ1v) is 14.1. The van der Waals surface area contributed by atoms with Crippen LogP contribution in [0.15, 0.2) is 84.9 Å². The molecular weight excluding hydrogens is 518 g/mol. The number of hydrogen-bond donors (Lipinski definition) is 5. The van der Waals surface area contributed by atoms with Crippen molar-refractivity contribution in [3.05, 3.63) is 96.1 Å². The molecule has 0 aromatic heterocycles. The van der Waals surface area contributed by atoms with Crippen molar-refractivity contribution in [2.75, 3.05) is 6.54 Å². The zero-order valence-corrected chi connectivity index (χ0v) is 23.7. The first-order chi connectivity index (χ1) is 19.8. The van der Waals surface area contributed by atoms with Crippen molar-refractivity contribution < 1.29 is 24.6 Å².